The van der Waals surface area contributed by atoms with Crippen LogP contribution in [0.1, 0.15) is 27.2 Å². The van der Waals surface area contributed by atoms with Gasteiger partial charge in [0, 0.05) is 22.2 Å². The summed E-state index contributed by atoms with van der Waals surface area (Å²) in [5.41, 5.74) is 5.00. The molecular formula is C17H13NO. The fourth-order valence-electron chi connectivity index (χ4n) is 3.00. The number of fused-ring (bicyclic) bond motifs is 4. The van der Waals surface area contributed by atoms with Gasteiger partial charge in [-0.15, -0.1) is 0 Å². The minimum absolute atomic E-state index is 0.153. The van der Waals surface area contributed by atoms with Crippen LogP contribution < -0.4 is 0 Å². The third-order valence-electron chi connectivity index (χ3n) is 3.92. The summed E-state index contributed by atoms with van der Waals surface area (Å²) in [5.74, 6) is 0.153. The summed E-state index contributed by atoms with van der Waals surface area (Å²) in [4.78, 5) is 16.2. The van der Waals surface area contributed by atoms with Crippen LogP contribution in [0.4, 0.5) is 0 Å². The molecule has 0 amide bonds. The highest BCUT2D eigenvalue weighted by Gasteiger charge is 2.24. The van der Waals surface area contributed by atoms with Crippen LogP contribution in [0, 0.1) is 0 Å². The highest BCUT2D eigenvalue weighted by atomic mass is 16.1. The Kier molecular flexibility index (Phi) is 2.12. The zero-order chi connectivity index (χ0) is 12.8. The van der Waals surface area contributed by atoms with Crippen LogP contribution in [0.15, 0.2) is 48.5 Å². The third kappa shape index (κ3) is 1.46. The molecule has 0 unspecified atom stereocenters. The molecule has 0 radical (unpaired) electrons. The number of aromatic amines is 1. The molecule has 2 aromatic carbocycles. The number of H-pyrrole nitrogens is 1. The number of carbonyl (C=O) groups excluding carboxylic acids is 1. The monoisotopic (exact) mass is 247 g/mol. The lowest BCUT2D eigenvalue weighted by molar-refractivity contribution is 0.104. The van der Waals surface area contributed by atoms with Crippen molar-refractivity contribution in [3.63, 3.8) is 0 Å². The molecule has 2 nitrogen and oxygen atoms in total. The van der Waals surface area contributed by atoms with Gasteiger partial charge in [-0.2, -0.15) is 0 Å². The second-order valence-corrected chi connectivity index (χ2v) is 5.01. The van der Waals surface area contributed by atoms with E-state index in [1.807, 2.05) is 42.5 Å². The van der Waals surface area contributed by atoms with Crippen molar-refractivity contribution in [1.82, 2.24) is 4.98 Å². The highest BCUT2D eigenvalue weighted by Crippen LogP contribution is 2.30. The molecule has 0 aliphatic heterocycles. The van der Waals surface area contributed by atoms with Gasteiger partial charge < -0.3 is 4.98 Å². The number of ketones is 1. The first-order chi connectivity index (χ1) is 9.34. The van der Waals surface area contributed by atoms with Gasteiger partial charge >= 0.3 is 0 Å². The number of benzene rings is 2. The van der Waals surface area contributed by atoms with E-state index in [0.717, 1.165) is 46.1 Å². The average Bonchev–Trinajstić information content (AvgIpc) is 2.76. The first kappa shape index (κ1) is 10.6. The Balaban J connectivity index is 2.04. The lowest BCUT2D eigenvalue weighted by Gasteiger charge is -2.03. The molecule has 1 heterocycles. The van der Waals surface area contributed by atoms with E-state index < -0.39 is 0 Å². The van der Waals surface area contributed by atoms with Crippen LogP contribution in [0.3, 0.4) is 0 Å². The quantitative estimate of drug-likeness (QED) is 0.648. The van der Waals surface area contributed by atoms with E-state index in [4.69, 9.17) is 0 Å². The van der Waals surface area contributed by atoms with Crippen molar-refractivity contribution < 1.29 is 4.79 Å². The molecule has 0 atom stereocenters. The van der Waals surface area contributed by atoms with E-state index in [2.05, 4.69) is 11.1 Å². The summed E-state index contributed by atoms with van der Waals surface area (Å²) in [6.45, 7) is 0. The molecule has 1 N–H and O–H groups in total. The standard InChI is InChI=1S/C17H13NO/c19-17-12-6-2-1-5-11(12)9-10-15-16(17)13-7-3-4-8-14(13)18-15/h1-8,18H,9-10H2. The lowest BCUT2D eigenvalue weighted by Crippen LogP contribution is -2.02. The summed E-state index contributed by atoms with van der Waals surface area (Å²) >= 11 is 0. The van der Waals surface area contributed by atoms with Crippen LogP contribution in [-0.2, 0) is 12.8 Å². The van der Waals surface area contributed by atoms with E-state index in [1.165, 1.54) is 0 Å². The largest absolute Gasteiger partial charge is 0.358 e. The summed E-state index contributed by atoms with van der Waals surface area (Å²) in [5, 5.41) is 1.04. The van der Waals surface area contributed by atoms with Gasteiger partial charge in [0.2, 0.25) is 0 Å². The smallest absolute Gasteiger partial charge is 0.195 e. The first-order valence-corrected chi connectivity index (χ1v) is 6.57. The Labute approximate surface area is 111 Å². The van der Waals surface area contributed by atoms with Crippen LogP contribution in [0.25, 0.3) is 10.9 Å². The van der Waals surface area contributed by atoms with Gasteiger partial charge in [-0.05, 0) is 24.5 Å². The molecule has 3 aromatic rings. The summed E-state index contributed by atoms with van der Waals surface area (Å²) in [6, 6.07) is 16.0. The molecule has 0 saturated carbocycles. The fraction of sp³-hybridized carbons (Fsp3) is 0.118. The molecular weight excluding hydrogens is 234 g/mol. The Hall–Kier alpha value is -2.35. The minimum Gasteiger partial charge on any atom is -0.358 e. The number of aromatic nitrogens is 1. The minimum atomic E-state index is 0.153. The Morgan fingerprint density at radius 2 is 1.68 bits per heavy atom. The second-order valence-electron chi connectivity index (χ2n) is 5.01. The third-order valence-corrected chi connectivity index (χ3v) is 3.92. The van der Waals surface area contributed by atoms with Gasteiger partial charge in [-0.25, -0.2) is 0 Å². The molecule has 1 aliphatic rings. The topological polar surface area (TPSA) is 32.9 Å². The van der Waals surface area contributed by atoms with Gasteiger partial charge in [-0.1, -0.05) is 42.5 Å². The number of carbonyl (C=O) groups is 1. The number of nitrogens with one attached hydrogen (secondary N) is 1. The van der Waals surface area contributed by atoms with E-state index in [0.29, 0.717) is 0 Å². The predicted octanol–water partition coefficient (Wildman–Crippen LogP) is 3.50. The van der Waals surface area contributed by atoms with Crippen LogP contribution in [0.2, 0.25) is 0 Å². The maximum atomic E-state index is 12.8. The predicted molar refractivity (Wildman–Crippen MR) is 75.6 cm³/mol. The van der Waals surface area contributed by atoms with Gasteiger partial charge in [0.15, 0.2) is 5.78 Å². The molecule has 92 valence electrons. The highest BCUT2D eigenvalue weighted by molar-refractivity contribution is 6.18. The normalized spacial score (nSPS) is 14.0. The summed E-state index contributed by atoms with van der Waals surface area (Å²) in [6.07, 6.45) is 1.81. The molecule has 1 aliphatic carbocycles. The summed E-state index contributed by atoms with van der Waals surface area (Å²) < 4.78 is 0. The first-order valence-electron chi connectivity index (χ1n) is 6.57. The van der Waals surface area contributed by atoms with E-state index in [1.54, 1.807) is 0 Å². The summed E-state index contributed by atoms with van der Waals surface area (Å²) in [7, 11) is 0. The number of aryl methyl sites for hydroxylation is 2. The zero-order valence-corrected chi connectivity index (χ0v) is 10.4. The number of rotatable bonds is 0. The molecule has 1 aromatic heterocycles. The van der Waals surface area contributed by atoms with Crippen molar-refractivity contribution in [2.45, 2.75) is 12.8 Å². The molecule has 2 heteroatoms. The maximum absolute atomic E-state index is 12.8. The van der Waals surface area contributed by atoms with Crippen molar-refractivity contribution in [3.05, 3.63) is 70.9 Å². The molecule has 4 rings (SSSR count). The Morgan fingerprint density at radius 1 is 0.895 bits per heavy atom. The van der Waals surface area contributed by atoms with Crippen molar-refractivity contribution in [2.75, 3.05) is 0 Å². The number of hydrogen-bond donors (Lipinski definition) is 1. The van der Waals surface area contributed by atoms with E-state index in [9.17, 15) is 4.79 Å². The van der Waals surface area contributed by atoms with Crippen LogP contribution in [0.5, 0.6) is 0 Å². The molecule has 0 spiro atoms. The molecule has 0 fully saturated rings. The lowest BCUT2D eigenvalue weighted by atomic mass is 9.99. The van der Waals surface area contributed by atoms with Crippen LogP contribution >= 0.6 is 0 Å². The maximum Gasteiger partial charge on any atom is 0.195 e. The van der Waals surface area contributed by atoms with Crippen LogP contribution in [-0.4, -0.2) is 10.8 Å². The SMILES string of the molecule is O=C1c2ccccc2CCc2[nH]c3ccccc3c21. The Morgan fingerprint density at radius 3 is 2.63 bits per heavy atom. The zero-order valence-electron chi connectivity index (χ0n) is 10.4. The molecule has 19 heavy (non-hydrogen) atoms. The molecule has 0 bridgehead atoms. The van der Waals surface area contributed by atoms with Gasteiger partial charge in [0.05, 0.1) is 5.56 Å². The van der Waals surface area contributed by atoms with Crippen molar-refractivity contribution in [3.8, 4) is 0 Å². The van der Waals surface area contributed by atoms with Gasteiger partial charge in [0.1, 0.15) is 0 Å². The average molecular weight is 247 g/mol. The second kappa shape index (κ2) is 3.82. The molecule has 0 saturated heterocycles. The number of hydrogen-bond acceptors (Lipinski definition) is 1. The van der Waals surface area contributed by atoms with Crippen molar-refractivity contribution in [1.29, 1.82) is 0 Å². The van der Waals surface area contributed by atoms with Crippen molar-refractivity contribution >= 4 is 16.7 Å². The van der Waals surface area contributed by atoms with E-state index in [-0.39, 0.29) is 5.78 Å². The van der Waals surface area contributed by atoms with Gasteiger partial charge in [0.25, 0.3) is 0 Å². The Bertz CT molecular complexity index is 798. The van der Waals surface area contributed by atoms with Gasteiger partial charge in [-0.3, -0.25) is 4.79 Å². The van der Waals surface area contributed by atoms with E-state index >= 15 is 0 Å². The van der Waals surface area contributed by atoms with Crippen molar-refractivity contribution in [2.24, 2.45) is 0 Å². The fourth-order valence-corrected chi connectivity index (χ4v) is 3.00. The number of para-hydroxylation sites is 1.